The average molecular weight is 222 g/mol. The number of amides is 1. The maximum atomic E-state index is 11.1. The number of carbonyl (C=O) groups is 1. The molecule has 0 atom stereocenters. The third kappa shape index (κ3) is 2.08. The summed E-state index contributed by atoms with van der Waals surface area (Å²) in [6, 6.07) is 1.91. The predicted molar refractivity (Wildman–Crippen MR) is 60.7 cm³/mol. The zero-order chi connectivity index (χ0) is 11.4. The Hall–Kier alpha value is -2.00. The quantitative estimate of drug-likeness (QED) is 0.658. The van der Waals surface area contributed by atoms with Crippen LogP contribution in [-0.2, 0) is 0 Å². The molecule has 5 nitrogen and oxygen atoms in total. The number of primary amides is 1. The Bertz CT molecular complexity index is 444. The van der Waals surface area contributed by atoms with Crippen LogP contribution in [0.25, 0.3) is 0 Å². The summed E-state index contributed by atoms with van der Waals surface area (Å²) in [5.41, 5.74) is 11.1. The summed E-state index contributed by atoms with van der Waals surface area (Å²) in [5.74, 6) is -0.642. The van der Waals surface area contributed by atoms with Crippen LogP contribution in [0.5, 0.6) is 0 Å². The van der Waals surface area contributed by atoms with Crippen LogP contribution in [0.2, 0.25) is 0 Å². The topological polar surface area (TPSA) is 105 Å². The minimum Gasteiger partial charge on any atom is -0.396 e. The number of carbonyl (C=O) groups excluding carboxylic acids is 1. The molecule has 0 aliphatic rings. The van der Waals surface area contributed by atoms with E-state index >= 15 is 0 Å². The molecular weight excluding hydrogens is 212 g/mol. The lowest BCUT2D eigenvalue weighted by Crippen LogP contribution is -2.14. The number of thiophene rings is 1. The van der Waals surface area contributed by atoms with Gasteiger partial charge in [0.05, 0.1) is 11.3 Å². The lowest BCUT2D eigenvalue weighted by molar-refractivity contribution is 0.100. The standard InChI is InChI=1S/C9H10N4OS/c1-2-3-13-9-6(8(12)14)7(11)5(4-10)15-9/h2,13H,1,3,11H2,(H2,12,14). The van der Waals surface area contributed by atoms with Crippen molar-refractivity contribution in [1.29, 1.82) is 5.26 Å². The Morgan fingerprint density at radius 1 is 1.73 bits per heavy atom. The molecule has 78 valence electrons. The second-order valence-electron chi connectivity index (χ2n) is 2.69. The van der Waals surface area contributed by atoms with Gasteiger partial charge in [0.1, 0.15) is 15.9 Å². The van der Waals surface area contributed by atoms with Gasteiger partial charge in [-0.15, -0.1) is 17.9 Å². The van der Waals surface area contributed by atoms with Crippen LogP contribution in [-0.4, -0.2) is 12.5 Å². The van der Waals surface area contributed by atoms with Crippen LogP contribution in [0.4, 0.5) is 10.7 Å². The van der Waals surface area contributed by atoms with E-state index in [9.17, 15) is 4.79 Å². The molecule has 1 aromatic rings. The van der Waals surface area contributed by atoms with Gasteiger partial charge < -0.3 is 16.8 Å². The molecule has 0 spiro atoms. The van der Waals surface area contributed by atoms with E-state index in [-0.39, 0.29) is 16.1 Å². The van der Waals surface area contributed by atoms with Crippen molar-refractivity contribution >= 4 is 27.9 Å². The Morgan fingerprint density at radius 2 is 2.40 bits per heavy atom. The zero-order valence-electron chi connectivity index (χ0n) is 7.91. The first-order valence-electron chi connectivity index (χ1n) is 4.08. The van der Waals surface area contributed by atoms with Crippen molar-refractivity contribution in [1.82, 2.24) is 0 Å². The fourth-order valence-corrected chi connectivity index (χ4v) is 1.99. The highest BCUT2D eigenvalue weighted by atomic mass is 32.1. The van der Waals surface area contributed by atoms with Crippen LogP contribution < -0.4 is 16.8 Å². The summed E-state index contributed by atoms with van der Waals surface area (Å²) in [5, 5.41) is 12.2. The Labute approximate surface area is 91.0 Å². The van der Waals surface area contributed by atoms with Gasteiger partial charge >= 0.3 is 0 Å². The predicted octanol–water partition coefficient (Wildman–Crippen LogP) is 0.899. The number of anilines is 2. The van der Waals surface area contributed by atoms with Gasteiger partial charge in [0.2, 0.25) is 0 Å². The number of nitrogen functional groups attached to an aromatic ring is 1. The van der Waals surface area contributed by atoms with Crippen molar-refractivity contribution in [3.05, 3.63) is 23.1 Å². The van der Waals surface area contributed by atoms with Crippen molar-refractivity contribution < 1.29 is 4.79 Å². The van der Waals surface area contributed by atoms with Crippen LogP contribution in [0.1, 0.15) is 15.2 Å². The van der Waals surface area contributed by atoms with Gasteiger partial charge in [0.15, 0.2) is 0 Å². The van der Waals surface area contributed by atoms with Gasteiger partial charge in [0, 0.05) is 6.54 Å². The molecule has 5 N–H and O–H groups in total. The summed E-state index contributed by atoms with van der Waals surface area (Å²) < 4.78 is 0. The molecular formula is C9H10N4OS. The molecule has 0 unspecified atom stereocenters. The van der Waals surface area contributed by atoms with Gasteiger partial charge in [-0.1, -0.05) is 6.08 Å². The third-order valence-electron chi connectivity index (χ3n) is 1.70. The van der Waals surface area contributed by atoms with Crippen LogP contribution in [0.15, 0.2) is 12.7 Å². The maximum Gasteiger partial charge on any atom is 0.253 e. The lowest BCUT2D eigenvalue weighted by Gasteiger charge is -2.01. The molecule has 6 heteroatoms. The SMILES string of the molecule is C=CCNc1sc(C#N)c(N)c1C(N)=O. The number of nitriles is 1. The first kappa shape index (κ1) is 11.1. The largest absolute Gasteiger partial charge is 0.396 e. The summed E-state index contributed by atoms with van der Waals surface area (Å²) in [6.45, 7) is 4.01. The van der Waals surface area contributed by atoms with Crippen molar-refractivity contribution in [3.63, 3.8) is 0 Å². The Balaban J connectivity index is 3.19. The minimum absolute atomic E-state index is 0.140. The van der Waals surface area contributed by atoms with Crippen molar-refractivity contribution in [3.8, 4) is 6.07 Å². The number of nitrogens with one attached hydrogen (secondary N) is 1. The molecule has 0 aliphatic heterocycles. The zero-order valence-corrected chi connectivity index (χ0v) is 8.73. The van der Waals surface area contributed by atoms with E-state index < -0.39 is 5.91 Å². The third-order valence-corrected chi connectivity index (χ3v) is 2.77. The van der Waals surface area contributed by atoms with Gasteiger partial charge in [-0.25, -0.2) is 0 Å². The molecule has 0 aromatic carbocycles. The molecule has 1 aromatic heterocycles. The second-order valence-corrected chi connectivity index (χ2v) is 3.72. The summed E-state index contributed by atoms with van der Waals surface area (Å²) in [6.07, 6.45) is 1.63. The smallest absolute Gasteiger partial charge is 0.253 e. The first-order valence-corrected chi connectivity index (χ1v) is 4.90. The molecule has 0 saturated heterocycles. The highest BCUT2D eigenvalue weighted by Gasteiger charge is 2.19. The van der Waals surface area contributed by atoms with E-state index in [1.165, 1.54) is 0 Å². The fraction of sp³-hybridized carbons (Fsp3) is 0.111. The number of nitrogens with zero attached hydrogens (tertiary/aromatic N) is 1. The molecule has 1 amide bonds. The maximum absolute atomic E-state index is 11.1. The van der Waals surface area contributed by atoms with Crippen molar-refractivity contribution in [2.45, 2.75) is 0 Å². The summed E-state index contributed by atoms with van der Waals surface area (Å²) in [4.78, 5) is 11.4. The van der Waals surface area contributed by atoms with Gasteiger partial charge in [-0.05, 0) is 0 Å². The van der Waals surface area contributed by atoms with E-state index in [4.69, 9.17) is 16.7 Å². The average Bonchev–Trinajstić information content (AvgIpc) is 2.51. The summed E-state index contributed by atoms with van der Waals surface area (Å²) >= 11 is 1.11. The normalized spacial score (nSPS) is 9.27. The van der Waals surface area contributed by atoms with E-state index in [0.29, 0.717) is 11.5 Å². The Morgan fingerprint density at radius 3 is 2.87 bits per heavy atom. The molecule has 0 radical (unpaired) electrons. The molecule has 1 heterocycles. The van der Waals surface area contributed by atoms with Crippen LogP contribution >= 0.6 is 11.3 Å². The monoisotopic (exact) mass is 222 g/mol. The molecule has 0 aliphatic carbocycles. The molecule has 15 heavy (non-hydrogen) atoms. The number of hydrogen-bond acceptors (Lipinski definition) is 5. The molecule has 0 bridgehead atoms. The number of rotatable bonds is 4. The van der Waals surface area contributed by atoms with Gasteiger partial charge in [-0.2, -0.15) is 5.26 Å². The van der Waals surface area contributed by atoms with Gasteiger partial charge in [0.25, 0.3) is 5.91 Å². The van der Waals surface area contributed by atoms with Crippen LogP contribution in [0, 0.1) is 11.3 Å². The van der Waals surface area contributed by atoms with Crippen molar-refractivity contribution in [2.24, 2.45) is 5.73 Å². The van der Waals surface area contributed by atoms with E-state index in [2.05, 4.69) is 11.9 Å². The molecule has 0 saturated carbocycles. The van der Waals surface area contributed by atoms with Crippen LogP contribution in [0.3, 0.4) is 0 Å². The van der Waals surface area contributed by atoms with Gasteiger partial charge in [-0.3, -0.25) is 4.79 Å². The van der Waals surface area contributed by atoms with E-state index in [1.807, 2.05) is 6.07 Å². The van der Waals surface area contributed by atoms with Crippen molar-refractivity contribution in [2.75, 3.05) is 17.6 Å². The number of hydrogen-bond donors (Lipinski definition) is 3. The highest BCUT2D eigenvalue weighted by molar-refractivity contribution is 7.17. The molecule has 0 fully saturated rings. The second kappa shape index (κ2) is 4.48. The summed E-state index contributed by atoms with van der Waals surface area (Å²) in [7, 11) is 0. The molecule has 1 rings (SSSR count). The first-order chi connectivity index (χ1) is 7.11. The van der Waals surface area contributed by atoms with E-state index in [1.54, 1.807) is 6.08 Å². The Kier molecular flexibility index (Phi) is 3.31. The van der Waals surface area contributed by atoms with E-state index in [0.717, 1.165) is 11.3 Å². The fourth-order valence-electron chi connectivity index (χ4n) is 1.06. The highest BCUT2D eigenvalue weighted by Crippen LogP contribution is 2.34. The lowest BCUT2D eigenvalue weighted by atomic mass is 10.2. The number of nitrogens with two attached hydrogens (primary N) is 2. The minimum atomic E-state index is -0.642.